The van der Waals surface area contributed by atoms with Crippen LogP contribution in [0.5, 0.6) is 0 Å². The molecule has 1 unspecified atom stereocenters. The molecule has 0 aliphatic heterocycles. The highest BCUT2D eigenvalue weighted by molar-refractivity contribution is 5.20. The number of rotatable bonds is 2. The average molecular weight is 189 g/mol. The molecule has 0 aliphatic carbocycles. The van der Waals surface area contributed by atoms with E-state index in [1.165, 1.54) is 0 Å². The van der Waals surface area contributed by atoms with E-state index in [4.69, 9.17) is 5.53 Å². The van der Waals surface area contributed by atoms with Crippen molar-refractivity contribution in [3.05, 3.63) is 46.3 Å². The first-order chi connectivity index (χ1) is 6.55. The van der Waals surface area contributed by atoms with Crippen LogP contribution in [0.3, 0.4) is 0 Å². The van der Waals surface area contributed by atoms with Gasteiger partial charge in [0.2, 0.25) is 0 Å². The van der Waals surface area contributed by atoms with Crippen molar-refractivity contribution < 1.29 is 0 Å². The molecule has 0 aliphatic rings. The molecular weight excluding hydrogens is 174 g/mol. The smallest absolute Gasteiger partial charge is 0.0673 e. The minimum absolute atomic E-state index is 0.0480. The Bertz CT molecular complexity index is 331. The molecule has 1 aromatic rings. The molecule has 0 spiro atoms. The van der Waals surface area contributed by atoms with Crippen molar-refractivity contribution in [1.82, 2.24) is 0 Å². The Morgan fingerprint density at radius 2 is 1.79 bits per heavy atom. The van der Waals surface area contributed by atoms with E-state index in [0.29, 0.717) is 0 Å². The third-order valence-electron chi connectivity index (χ3n) is 2.10. The van der Waals surface area contributed by atoms with Gasteiger partial charge in [0.25, 0.3) is 0 Å². The van der Waals surface area contributed by atoms with E-state index < -0.39 is 0 Å². The highest BCUT2D eigenvalue weighted by atomic mass is 15.2. The molecule has 14 heavy (non-hydrogen) atoms. The van der Waals surface area contributed by atoms with Gasteiger partial charge in [0.1, 0.15) is 0 Å². The fourth-order valence-electron chi connectivity index (χ4n) is 1.43. The topological polar surface area (TPSA) is 48.8 Å². The van der Waals surface area contributed by atoms with Crippen molar-refractivity contribution in [3.63, 3.8) is 0 Å². The molecule has 0 heterocycles. The van der Waals surface area contributed by atoms with Gasteiger partial charge in [-0.25, -0.2) is 0 Å². The number of benzene rings is 1. The SMILES string of the molecule is CC(C)(C)C(N=[N+]=[N-])c1ccccc1. The Morgan fingerprint density at radius 3 is 2.21 bits per heavy atom. The minimum Gasteiger partial charge on any atom is -0.0854 e. The monoisotopic (exact) mass is 189 g/mol. The van der Waals surface area contributed by atoms with Crippen LogP contribution in [-0.4, -0.2) is 0 Å². The van der Waals surface area contributed by atoms with E-state index in [-0.39, 0.29) is 11.5 Å². The lowest BCUT2D eigenvalue weighted by atomic mass is 9.83. The maximum Gasteiger partial charge on any atom is 0.0673 e. The average Bonchev–Trinajstić information content (AvgIpc) is 2.14. The molecule has 0 saturated carbocycles. The normalized spacial score (nSPS) is 13.1. The fourth-order valence-corrected chi connectivity index (χ4v) is 1.43. The van der Waals surface area contributed by atoms with E-state index in [1.54, 1.807) is 0 Å². The van der Waals surface area contributed by atoms with Crippen LogP contribution >= 0.6 is 0 Å². The van der Waals surface area contributed by atoms with Crippen LogP contribution in [0, 0.1) is 5.41 Å². The zero-order chi connectivity index (χ0) is 10.6. The second-order valence-corrected chi connectivity index (χ2v) is 4.38. The van der Waals surface area contributed by atoms with Gasteiger partial charge in [0.05, 0.1) is 6.04 Å². The third kappa shape index (κ3) is 2.51. The maximum absolute atomic E-state index is 8.52. The zero-order valence-corrected chi connectivity index (χ0v) is 8.81. The number of hydrogen-bond donors (Lipinski definition) is 0. The van der Waals surface area contributed by atoms with E-state index in [1.807, 2.05) is 30.3 Å². The second-order valence-electron chi connectivity index (χ2n) is 4.38. The molecule has 0 radical (unpaired) electrons. The van der Waals surface area contributed by atoms with Crippen LogP contribution < -0.4 is 0 Å². The predicted octanol–water partition coefficient (Wildman–Crippen LogP) is 4.08. The molecule has 0 saturated heterocycles. The Balaban J connectivity index is 3.07. The molecule has 0 fully saturated rings. The molecule has 1 rings (SSSR count). The Hall–Kier alpha value is -1.47. The molecule has 3 heteroatoms. The fraction of sp³-hybridized carbons (Fsp3) is 0.455. The van der Waals surface area contributed by atoms with Gasteiger partial charge in [-0.05, 0) is 16.5 Å². The molecule has 0 amide bonds. The maximum atomic E-state index is 8.52. The summed E-state index contributed by atoms with van der Waals surface area (Å²) in [5.41, 5.74) is 9.54. The van der Waals surface area contributed by atoms with Crippen molar-refractivity contribution in [1.29, 1.82) is 0 Å². The summed E-state index contributed by atoms with van der Waals surface area (Å²) in [4.78, 5) is 2.90. The molecule has 74 valence electrons. The Kier molecular flexibility index (Phi) is 3.15. The lowest BCUT2D eigenvalue weighted by molar-refractivity contribution is 0.326. The van der Waals surface area contributed by atoms with E-state index in [0.717, 1.165) is 5.56 Å². The molecule has 3 nitrogen and oxygen atoms in total. The van der Waals surface area contributed by atoms with Crippen molar-refractivity contribution in [2.24, 2.45) is 10.5 Å². The van der Waals surface area contributed by atoms with Crippen molar-refractivity contribution >= 4 is 0 Å². The van der Waals surface area contributed by atoms with Crippen molar-refractivity contribution in [2.75, 3.05) is 0 Å². The first-order valence-corrected chi connectivity index (χ1v) is 4.65. The summed E-state index contributed by atoms with van der Waals surface area (Å²) in [6.07, 6.45) is 0. The summed E-state index contributed by atoms with van der Waals surface area (Å²) in [7, 11) is 0. The first kappa shape index (κ1) is 10.6. The third-order valence-corrected chi connectivity index (χ3v) is 2.10. The van der Waals surface area contributed by atoms with E-state index in [9.17, 15) is 0 Å². The van der Waals surface area contributed by atoms with Gasteiger partial charge < -0.3 is 0 Å². The first-order valence-electron chi connectivity index (χ1n) is 4.65. The van der Waals surface area contributed by atoms with E-state index >= 15 is 0 Å². The summed E-state index contributed by atoms with van der Waals surface area (Å²) in [5, 5.41) is 3.85. The molecule has 1 atom stereocenters. The largest absolute Gasteiger partial charge is 0.0854 e. The van der Waals surface area contributed by atoms with Gasteiger partial charge in [-0.3, -0.25) is 0 Å². The number of hydrogen-bond acceptors (Lipinski definition) is 1. The van der Waals surface area contributed by atoms with Gasteiger partial charge in [-0.1, -0.05) is 56.2 Å². The quantitative estimate of drug-likeness (QED) is 0.382. The van der Waals surface area contributed by atoms with Crippen LogP contribution in [0.15, 0.2) is 35.4 Å². The zero-order valence-electron chi connectivity index (χ0n) is 8.81. The number of azide groups is 1. The van der Waals surface area contributed by atoms with Gasteiger partial charge in [0, 0.05) is 4.91 Å². The van der Waals surface area contributed by atoms with Crippen LogP contribution in [0.4, 0.5) is 0 Å². The summed E-state index contributed by atoms with van der Waals surface area (Å²) in [6.45, 7) is 6.21. The lowest BCUT2D eigenvalue weighted by Crippen LogP contribution is -2.15. The second kappa shape index (κ2) is 4.16. The van der Waals surface area contributed by atoms with Gasteiger partial charge in [-0.2, -0.15) is 0 Å². The van der Waals surface area contributed by atoms with Crippen LogP contribution in [0.25, 0.3) is 10.4 Å². The summed E-state index contributed by atoms with van der Waals surface area (Å²) in [6, 6.07) is 9.75. The molecule has 0 N–H and O–H groups in total. The summed E-state index contributed by atoms with van der Waals surface area (Å²) < 4.78 is 0. The van der Waals surface area contributed by atoms with E-state index in [2.05, 4.69) is 30.8 Å². The molecular formula is C11H15N3. The molecule has 0 bridgehead atoms. The summed E-state index contributed by atoms with van der Waals surface area (Å²) in [5.74, 6) is 0. The summed E-state index contributed by atoms with van der Waals surface area (Å²) >= 11 is 0. The van der Waals surface area contributed by atoms with Crippen LogP contribution in [0.1, 0.15) is 32.4 Å². The highest BCUT2D eigenvalue weighted by Crippen LogP contribution is 2.35. The van der Waals surface area contributed by atoms with Gasteiger partial charge >= 0.3 is 0 Å². The standard InChI is InChI=1S/C11H15N3/c1-11(2,3)10(13-14-12)9-7-5-4-6-8-9/h4-8,10H,1-3H3. The molecule has 0 aromatic heterocycles. The minimum atomic E-state index is -0.103. The van der Waals surface area contributed by atoms with Crippen LogP contribution in [0.2, 0.25) is 0 Å². The lowest BCUT2D eigenvalue weighted by Gasteiger charge is -2.26. The molecule has 1 aromatic carbocycles. The Labute approximate surface area is 84.4 Å². The predicted molar refractivity (Wildman–Crippen MR) is 57.8 cm³/mol. The highest BCUT2D eigenvalue weighted by Gasteiger charge is 2.24. The van der Waals surface area contributed by atoms with Gasteiger partial charge in [0.15, 0.2) is 0 Å². The van der Waals surface area contributed by atoms with Gasteiger partial charge in [-0.15, -0.1) is 0 Å². The van der Waals surface area contributed by atoms with Crippen molar-refractivity contribution in [2.45, 2.75) is 26.8 Å². The van der Waals surface area contributed by atoms with Crippen LogP contribution in [-0.2, 0) is 0 Å². The van der Waals surface area contributed by atoms with Crippen molar-refractivity contribution in [3.8, 4) is 0 Å². The Morgan fingerprint density at radius 1 is 1.21 bits per heavy atom. The number of nitrogens with zero attached hydrogens (tertiary/aromatic N) is 3.